The monoisotopic (exact) mass is 271 g/mol. The number of hydrogen-bond acceptors (Lipinski definition) is 2. The molecule has 0 spiro atoms. The van der Waals surface area contributed by atoms with E-state index in [-0.39, 0.29) is 24.9 Å². The van der Waals surface area contributed by atoms with Crippen LogP contribution in [0.5, 0.6) is 5.75 Å². The molecule has 0 aliphatic carbocycles. The third kappa shape index (κ3) is 5.48. The van der Waals surface area contributed by atoms with Gasteiger partial charge in [0.15, 0.2) is 0 Å². The van der Waals surface area contributed by atoms with Crippen LogP contribution in [0.3, 0.4) is 0 Å². The zero-order valence-corrected chi connectivity index (χ0v) is 10.5. The van der Waals surface area contributed by atoms with E-state index in [0.29, 0.717) is 10.8 Å². The molecule has 0 fully saturated rings. The van der Waals surface area contributed by atoms with Crippen molar-refractivity contribution in [1.29, 1.82) is 0 Å². The van der Waals surface area contributed by atoms with Crippen LogP contribution >= 0.6 is 23.2 Å². The predicted molar refractivity (Wildman–Crippen MR) is 68.5 cm³/mol. The minimum atomic E-state index is -0.243. The fraction of sp³-hybridized carbons (Fsp3) is 0.250. The molecule has 1 aromatic rings. The molecule has 90 valence electrons. The summed E-state index contributed by atoms with van der Waals surface area (Å²) in [6.45, 7) is 0.484. The topological polar surface area (TPSA) is 38.3 Å². The molecule has 17 heavy (non-hydrogen) atoms. The minimum absolute atomic E-state index is 0.0577. The molecule has 1 rings (SSSR count). The van der Waals surface area contributed by atoms with E-state index >= 15 is 0 Å². The molecule has 0 saturated carbocycles. The summed E-state index contributed by atoms with van der Waals surface area (Å²) in [5, 5.41) is 3.06. The molecule has 3 nitrogen and oxygen atoms in total. The average molecular weight is 272 g/mol. The maximum absolute atomic E-state index is 10.8. The Kier molecular flexibility index (Phi) is 6.31. The molecule has 0 aromatic heterocycles. The van der Waals surface area contributed by atoms with Crippen LogP contribution < -0.4 is 10.1 Å². The summed E-state index contributed by atoms with van der Waals surface area (Å²) in [5.41, 5.74) is 0. The molecule has 0 heterocycles. The van der Waals surface area contributed by atoms with Crippen LogP contribution in [0.2, 0.25) is 5.02 Å². The van der Waals surface area contributed by atoms with E-state index in [1.807, 2.05) is 12.1 Å². The second-order valence-corrected chi connectivity index (χ2v) is 3.66. The van der Waals surface area contributed by atoms with Crippen molar-refractivity contribution in [3.05, 3.63) is 29.3 Å². The van der Waals surface area contributed by atoms with Gasteiger partial charge in [-0.25, -0.2) is 0 Å². The molecular weight excluding hydrogens is 261 g/mol. The molecular formula is C12H11Cl2NO2. The summed E-state index contributed by atoms with van der Waals surface area (Å²) in [7, 11) is 0. The molecule has 1 N–H and O–H groups in total. The summed E-state index contributed by atoms with van der Waals surface area (Å²) in [6.07, 6.45) is 0. The first-order valence-corrected chi connectivity index (χ1v) is 5.81. The van der Waals surface area contributed by atoms with Crippen molar-refractivity contribution in [3.8, 4) is 17.6 Å². The number of carbonyl (C=O) groups excluding carboxylic acids is 1. The number of carbonyl (C=O) groups is 1. The lowest BCUT2D eigenvalue weighted by Gasteiger charge is -2.02. The smallest absolute Gasteiger partial charge is 0.235 e. The van der Waals surface area contributed by atoms with Crippen LogP contribution in [0, 0.1) is 11.8 Å². The van der Waals surface area contributed by atoms with Gasteiger partial charge in [0.05, 0.1) is 11.6 Å². The number of halogens is 2. The fourth-order valence-corrected chi connectivity index (χ4v) is 1.26. The standard InChI is InChI=1S/C12H11Cl2NO2/c13-9-12(16)15-7-3-4-8-17-11-6-2-1-5-10(11)14/h1-2,5-6H,7-9H2,(H,15,16). The van der Waals surface area contributed by atoms with Gasteiger partial charge in [0.25, 0.3) is 0 Å². The van der Waals surface area contributed by atoms with E-state index in [1.54, 1.807) is 12.1 Å². The Morgan fingerprint density at radius 1 is 1.35 bits per heavy atom. The Bertz CT molecular complexity index is 438. The summed E-state index contributed by atoms with van der Waals surface area (Å²) >= 11 is 11.2. The van der Waals surface area contributed by atoms with Crippen molar-refractivity contribution in [2.24, 2.45) is 0 Å². The number of amides is 1. The highest BCUT2D eigenvalue weighted by molar-refractivity contribution is 6.32. The molecule has 1 aromatic carbocycles. The first kappa shape index (κ1) is 13.7. The predicted octanol–water partition coefficient (Wildman–Crippen LogP) is 2.08. The molecule has 0 bridgehead atoms. The quantitative estimate of drug-likeness (QED) is 0.673. The van der Waals surface area contributed by atoms with Crippen molar-refractivity contribution < 1.29 is 9.53 Å². The van der Waals surface area contributed by atoms with E-state index in [1.165, 1.54) is 0 Å². The third-order valence-electron chi connectivity index (χ3n) is 1.76. The van der Waals surface area contributed by atoms with Gasteiger partial charge in [0, 0.05) is 0 Å². The van der Waals surface area contributed by atoms with Crippen molar-refractivity contribution >= 4 is 29.1 Å². The second kappa shape index (κ2) is 7.83. The number of para-hydroxylation sites is 1. The molecule has 1 amide bonds. The van der Waals surface area contributed by atoms with Gasteiger partial charge in [0.2, 0.25) is 5.91 Å². The number of hydrogen-bond donors (Lipinski definition) is 1. The largest absolute Gasteiger partial charge is 0.479 e. The molecule has 5 heteroatoms. The first-order chi connectivity index (χ1) is 8.24. The van der Waals surface area contributed by atoms with Crippen molar-refractivity contribution in [1.82, 2.24) is 5.32 Å². The van der Waals surface area contributed by atoms with Crippen LogP contribution in [-0.2, 0) is 4.79 Å². The van der Waals surface area contributed by atoms with Gasteiger partial charge in [0.1, 0.15) is 18.2 Å². The molecule has 0 aliphatic heterocycles. The fourth-order valence-electron chi connectivity index (χ4n) is 0.979. The van der Waals surface area contributed by atoms with Gasteiger partial charge in [-0.1, -0.05) is 35.6 Å². The Labute approximate surface area is 110 Å². The van der Waals surface area contributed by atoms with Crippen LogP contribution in [0.4, 0.5) is 0 Å². The summed E-state index contributed by atoms with van der Waals surface area (Å²) < 4.78 is 5.33. The Balaban J connectivity index is 2.27. The molecule has 0 radical (unpaired) electrons. The molecule has 0 unspecified atom stereocenters. The van der Waals surface area contributed by atoms with E-state index in [2.05, 4.69) is 17.2 Å². The highest BCUT2D eigenvalue weighted by atomic mass is 35.5. The number of nitrogens with one attached hydrogen (secondary N) is 1. The summed E-state index contributed by atoms with van der Waals surface area (Å²) in [6, 6.07) is 7.15. The molecule has 0 atom stereocenters. The second-order valence-electron chi connectivity index (χ2n) is 2.98. The van der Waals surface area contributed by atoms with E-state index in [0.717, 1.165) is 0 Å². The number of rotatable bonds is 4. The SMILES string of the molecule is O=C(CCl)NCC#CCOc1ccccc1Cl. The Hall–Kier alpha value is -1.37. The minimum Gasteiger partial charge on any atom is -0.479 e. The van der Waals surface area contributed by atoms with E-state index < -0.39 is 0 Å². The Morgan fingerprint density at radius 3 is 2.82 bits per heavy atom. The number of alkyl halides is 1. The van der Waals surface area contributed by atoms with Crippen molar-refractivity contribution in [3.63, 3.8) is 0 Å². The van der Waals surface area contributed by atoms with Gasteiger partial charge in [-0.2, -0.15) is 0 Å². The van der Waals surface area contributed by atoms with Crippen LogP contribution in [0.1, 0.15) is 0 Å². The van der Waals surface area contributed by atoms with Gasteiger partial charge >= 0.3 is 0 Å². The number of benzene rings is 1. The zero-order chi connectivity index (χ0) is 12.5. The zero-order valence-electron chi connectivity index (χ0n) is 9.00. The highest BCUT2D eigenvalue weighted by Gasteiger charge is 1.97. The molecule has 0 aliphatic rings. The van der Waals surface area contributed by atoms with Crippen LogP contribution in [-0.4, -0.2) is 24.9 Å². The van der Waals surface area contributed by atoms with Crippen LogP contribution in [0.15, 0.2) is 24.3 Å². The third-order valence-corrected chi connectivity index (χ3v) is 2.31. The normalized spacial score (nSPS) is 9.06. The summed E-state index contributed by atoms with van der Waals surface area (Å²) in [4.78, 5) is 10.8. The van der Waals surface area contributed by atoms with E-state index in [4.69, 9.17) is 27.9 Å². The lowest BCUT2D eigenvalue weighted by molar-refractivity contribution is -0.118. The lowest BCUT2D eigenvalue weighted by atomic mass is 10.3. The maximum atomic E-state index is 10.8. The first-order valence-electron chi connectivity index (χ1n) is 4.89. The highest BCUT2D eigenvalue weighted by Crippen LogP contribution is 2.22. The van der Waals surface area contributed by atoms with Gasteiger partial charge in [-0.3, -0.25) is 4.79 Å². The number of ether oxygens (including phenoxy) is 1. The van der Waals surface area contributed by atoms with Gasteiger partial charge in [-0.15, -0.1) is 11.6 Å². The van der Waals surface area contributed by atoms with Crippen LogP contribution in [0.25, 0.3) is 0 Å². The Morgan fingerprint density at radius 2 is 2.12 bits per heavy atom. The lowest BCUT2D eigenvalue weighted by Crippen LogP contribution is -2.24. The summed E-state index contributed by atoms with van der Waals surface area (Å²) in [5.74, 6) is 5.77. The van der Waals surface area contributed by atoms with Gasteiger partial charge < -0.3 is 10.1 Å². The molecule has 0 saturated heterocycles. The maximum Gasteiger partial charge on any atom is 0.235 e. The van der Waals surface area contributed by atoms with Gasteiger partial charge in [-0.05, 0) is 12.1 Å². The van der Waals surface area contributed by atoms with E-state index in [9.17, 15) is 4.79 Å². The van der Waals surface area contributed by atoms with Crippen molar-refractivity contribution in [2.75, 3.05) is 19.0 Å². The van der Waals surface area contributed by atoms with Crippen molar-refractivity contribution in [2.45, 2.75) is 0 Å². The average Bonchev–Trinajstić information content (AvgIpc) is 2.35.